The average molecular weight is 420 g/mol. The first-order valence-electron chi connectivity index (χ1n) is 9.65. The number of nitrogens with zero attached hydrogens (tertiary/aromatic N) is 1. The summed E-state index contributed by atoms with van der Waals surface area (Å²) in [5, 5.41) is 3.05. The van der Waals surface area contributed by atoms with Crippen LogP contribution in [0, 0.1) is 5.92 Å². The highest BCUT2D eigenvalue weighted by molar-refractivity contribution is 6.34. The standard InChI is InChI=1S/C21H26ClN3O4/c1-4-27-21(26)25-18-8-16-14(9-24-18)11-29-20-15(16)5-6-17(19(20)22)28-10-12(2)7-13(3)23/h5-6,8-9,12-13H,4,7,10-11,23H2,1-3H3,(H,24,25,26). The summed E-state index contributed by atoms with van der Waals surface area (Å²) in [6.07, 6.45) is 2.00. The zero-order valence-corrected chi connectivity index (χ0v) is 17.6. The first-order valence-corrected chi connectivity index (χ1v) is 10.0. The second-order valence-electron chi connectivity index (χ2n) is 7.24. The van der Waals surface area contributed by atoms with Crippen LogP contribution >= 0.6 is 11.6 Å². The molecule has 1 aliphatic heterocycles. The van der Waals surface area contributed by atoms with Crippen molar-refractivity contribution < 1.29 is 19.0 Å². The lowest BCUT2D eigenvalue weighted by molar-refractivity contribution is 0.168. The Morgan fingerprint density at radius 2 is 2.17 bits per heavy atom. The number of benzene rings is 1. The third-order valence-electron chi connectivity index (χ3n) is 4.51. The molecule has 0 saturated carbocycles. The molecule has 0 spiro atoms. The lowest BCUT2D eigenvalue weighted by atomic mass is 9.98. The number of fused-ring (bicyclic) bond motifs is 3. The Balaban J connectivity index is 1.82. The van der Waals surface area contributed by atoms with Crippen LogP contribution in [0.3, 0.4) is 0 Å². The number of amides is 1. The molecule has 3 N–H and O–H groups in total. The van der Waals surface area contributed by atoms with Gasteiger partial charge in [-0.25, -0.2) is 9.78 Å². The number of nitrogens with two attached hydrogens (primary N) is 1. The minimum atomic E-state index is -0.546. The van der Waals surface area contributed by atoms with Crippen molar-refractivity contribution in [3.8, 4) is 22.6 Å². The number of anilines is 1. The largest absolute Gasteiger partial charge is 0.492 e. The smallest absolute Gasteiger partial charge is 0.412 e. The van der Waals surface area contributed by atoms with E-state index in [1.54, 1.807) is 19.2 Å². The van der Waals surface area contributed by atoms with Crippen molar-refractivity contribution in [3.05, 3.63) is 35.0 Å². The van der Waals surface area contributed by atoms with Crippen LogP contribution < -0.4 is 20.5 Å². The second kappa shape index (κ2) is 9.33. The molecular weight excluding hydrogens is 394 g/mol. The molecule has 2 atom stereocenters. The van der Waals surface area contributed by atoms with Crippen LogP contribution in [0.25, 0.3) is 11.1 Å². The van der Waals surface area contributed by atoms with Crippen molar-refractivity contribution in [2.24, 2.45) is 11.7 Å². The van der Waals surface area contributed by atoms with Crippen molar-refractivity contribution in [2.45, 2.75) is 39.8 Å². The van der Waals surface area contributed by atoms with E-state index in [-0.39, 0.29) is 12.6 Å². The van der Waals surface area contributed by atoms with E-state index in [0.29, 0.717) is 41.5 Å². The van der Waals surface area contributed by atoms with E-state index in [2.05, 4.69) is 17.2 Å². The number of hydrogen-bond acceptors (Lipinski definition) is 6. The van der Waals surface area contributed by atoms with E-state index in [1.165, 1.54) is 0 Å². The molecule has 1 aromatic carbocycles. The van der Waals surface area contributed by atoms with E-state index in [4.69, 9.17) is 31.5 Å². The molecule has 0 fully saturated rings. The fourth-order valence-electron chi connectivity index (χ4n) is 3.28. The lowest BCUT2D eigenvalue weighted by Crippen LogP contribution is -2.21. The maximum atomic E-state index is 11.7. The van der Waals surface area contributed by atoms with Crippen LogP contribution in [0.1, 0.15) is 32.8 Å². The zero-order valence-electron chi connectivity index (χ0n) is 16.8. The third-order valence-corrected chi connectivity index (χ3v) is 4.87. The van der Waals surface area contributed by atoms with Gasteiger partial charge in [0.05, 0.1) is 13.2 Å². The highest BCUT2D eigenvalue weighted by atomic mass is 35.5. The molecule has 2 unspecified atom stereocenters. The van der Waals surface area contributed by atoms with Gasteiger partial charge in [0.25, 0.3) is 0 Å². The Morgan fingerprint density at radius 1 is 1.38 bits per heavy atom. The summed E-state index contributed by atoms with van der Waals surface area (Å²) in [4.78, 5) is 15.9. The van der Waals surface area contributed by atoms with Gasteiger partial charge in [-0.05, 0) is 49.9 Å². The van der Waals surface area contributed by atoms with Crippen LogP contribution in [0.4, 0.5) is 10.6 Å². The van der Waals surface area contributed by atoms with Gasteiger partial charge in [0.15, 0.2) is 0 Å². The predicted molar refractivity (Wildman–Crippen MR) is 113 cm³/mol. The van der Waals surface area contributed by atoms with Gasteiger partial charge in [0.2, 0.25) is 0 Å². The highest BCUT2D eigenvalue weighted by Gasteiger charge is 2.23. The van der Waals surface area contributed by atoms with Crippen molar-refractivity contribution >= 4 is 23.5 Å². The van der Waals surface area contributed by atoms with Gasteiger partial charge < -0.3 is 19.9 Å². The van der Waals surface area contributed by atoms with Gasteiger partial charge in [-0.3, -0.25) is 5.32 Å². The van der Waals surface area contributed by atoms with Gasteiger partial charge in [-0.1, -0.05) is 18.5 Å². The molecule has 0 radical (unpaired) electrons. The Bertz CT molecular complexity index is 888. The van der Waals surface area contributed by atoms with Crippen LogP contribution in [0.2, 0.25) is 5.02 Å². The van der Waals surface area contributed by atoms with Crippen LogP contribution in [0.15, 0.2) is 24.4 Å². The molecule has 0 bridgehead atoms. The summed E-state index contributed by atoms with van der Waals surface area (Å²) < 4.78 is 16.7. The second-order valence-corrected chi connectivity index (χ2v) is 7.62. The van der Waals surface area contributed by atoms with Gasteiger partial charge in [-0.2, -0.15) is 0 Å². The summed E-state index contributed by atoms with van der Waals surface area (Å²) in [7, 11) is 0. The molecule has 29 heavy (non-hydrogen) atoms. The molecule has 8 heteroatoms. The minimum absolute atomic E-state index is 0.124. The number of carbonyl (C=O) groups excluding carboxylic acids is 1. The molecule has 1 aromatic heterocycles. The summed E-state index contributed by atoms with van der Waals surface area (Å²) in [5.74, 6) is 1.84. The fourth-order valence-corrected chi connectivity index (χ4v) is 3.55. The summed E-state index contributed by atoms with van der Waals surface area (Å²) in [6, 6.07) is 5.64. The Kier molecular flexibility index (Phi) is 6.82. The quantitative estimate of drug-likeness (QED) is 0.680. The number of halogens is 1. The van der Waals surface area contributed by atoms with E-state index in [1.807, 2.05) is 19.1 Å². The molecule has 2 heterocycles. The molecule has 7 nitrogen and oxygen atoms in total. The fraction of sp³-hybridized carbons (Fsp3) is 0.429. The van der Waals surface area contributed by atoms with E-state index < -0.39 is 6.09 Å². The van der Waals surface area contributed by atoms with Gasteiger partial charge >= 0.3 is 6.09 Å². The first kappa shape index (κ1) is 21.2. The predicted octanol–water partition coefficient (Wildman–Crippen LogP) is 4.62. The zero-order chi connectivity index (χ0) is 21.0. The average Bonchev–Trinajstić information content (AvgIpc) is 2.67. The molecule has 2 aromatic rings. The molecule has 0 saturated heterocycles. The molecule has 0 aliphatic carbocycles. The molecule has 156 valence electrons. The van der Waals surface area contributed by atoms with Gasteiger partial charge in [0, 0.05) is 23.4 Å². The van der Waals surface area contributed by atoms with Crippen molar-refractivity contribution in [1.29, 1.82) is 0 Å². The van der Waals surface area contributed by atoms with E-state index >= 15 is 0 Å². The number of rotatable bonds is 7. The summed E-state index contributed by atoms with van der Waals surface area (Å²) in [5.41, 5.74) is 8.47. The first-order chi connectivity index (χ1) is 13.9. The SMILES string of the molecule is CCOC(=O)Nc1cc2c(cn1)COc1c-2ccc(OCC(C)CC(C)N)c1Cl. The number of hydrogen-bond donors (Lipinski definition) is 2. The van der Waals surface area contributed by atoms with Crippen molar-refractivity contribution in [2.75, 3.05) is 18.5 Å². The highest BCUT2D eigenvalue weighted by Crippen LogP contribution is 2.46. The summed E-state index contributed by atoms with van der Waals surface area (Å²) in [6.45, 7) is 6.95. The molecule has 1 amide bonds. The number of aromatic nitrogens is 1. The normalized spacial score (nSPS) is 14.1. The minimum Gasteiger partial charge on any atom is -0.492 e. The number of carbonyl (C=O) groups is 1. The van der Waals surface area contributed by atoms with Gasteiger partial charge in [0.1, 0.15) is 28.9 Å². The Labute approximate surface area is 175 Å². The topological polar surface area (TPSA) is 95.7 Å². The summed E-state index contributed by atoms with van der Waals surface area (Å²) >= 11 is 6.57. The van der Waals surface area contributed by atoms with Crippen LogP contribution in [-0.4, -0.2) is 30.3 Å². The van der Waals surface area contributed by atoms with Gasteiger partial charge in [-0.15, -0.1) is 0 Å². The third kappa shape index (κ3) is 5.10. The number of ether oxygens (including phenoxy) is 3. The molecular formula is C21H26ClN3O4. The number of pyridine rings is 1. The lowest BCUT2D eigenvalue weighted by Gasteiger charge is -2.23. The molecule has 3 rings (SSSR count). The van der Waals surface area contributed by atoms with E-state index in [9.17, 15) is 4.79 Å². The van der Waals surface area contributed by atoms with Crippen LogP contribution in [0.5, 0.6) is 11.5 Å². The maximum absolute atomic E-state index is 11.7. The molecule has 1 aliphatic rings. The monoisotopic (exact) mass is 419 g/mol. The Hall–Kier alpha value is -2.51. The van der Waals surface area contributed by atoms with Crippen molar-refractivity contribution in [1.82, 2.24) is 4.98 Å². The maximum Gasteiger partial charge on any atom is 0.412 e. The van der Waals surface area contributed by atoms with Crippen molar-refractivity contribution in [3.63, 3.8) is 0 Å². The number of nitrogens with one attached hydrogen (secondary N) is 1. The Morgan fingerprint density at radius 3 is 2.90 bits per heavy atom. The van der Waals surface area contributed by atoms with Crippen LogP contribution in [-0.2, 0) is 11.3 Å². The van der Waals surface area contributed by atoms with E-state index in [0.717, 1.165) is 23.1 Å².